The van der Waals surface area contributed by atoms with Crippen molar-refractivity contribution < 1.29 is 18.3 Å². The fourth-order valence-corrected chi connectivity index (χ4v) is 7.13. The summed E-state index contributed by atoms with van der Waals surface area (Å²) in [5.74, 6) is 2.28. The van der Waals surface area contributed by atoms with Crippen LogP contribution in [-0.4, -0.2) is 5.97 Å². The van der Waals surface area contributed by atoms with Crippen molar-refractivity contribution in [1.29, 1.82) is 0 Å². The Morgan fingerprint density at radius 3 is 2.11 bits per heavy atom. The van der Waals surface area contributed by atoms with Gasteiger partial charge < -0.3 is 4.74 Å². The van der Waals surface area contributed by atoms with Gasteiger partial charge in [-0.05, 0) is 120 Å². The highest BCUT2D eigenvalue weighted by atomic mass is 19.1. The minimum atomic E-state index is -0.642. The van der Waals surface area contributed by atoms with E-state index < -0.39 is 11.6 Å². The van der Waals surface area contributed by atoms with E-state index in [4.69, 9.17) is 4.74 Å². The number of allylic oxidation sites excluding steroid dienone is 4. The highest BCUT2D eigenvalue weighted by Gasteiger charge is 2.39. The van der Waals surface area contributed by atoms with Crippen LogP contribution >= 0.6 is 0 Å². The van der Waals surface area contributed by atoms with Crippen LogP contribution < -0.4 is 4.74 Å². The lowest BCUT2D eigenvalue weighted by Gasteiger charge is -2.45. The molecule has 4 rings (SSSR count). The van der Waals surface area contributed by atoms with Crippen LogP contribution in [0, 0.1) is 47.1 Å². The van der Waals surface area contributed by atoms with Crippen LogP contribution in [0.3, 0.4) is 0 Å². The summed E-state index contributed by atoms with van der Waals surface area (Å²) in [6, 6.07) is 2.31. The second-order valence-corrected chi connectivity index (χ2v) is 11.2. The summed E-state index contributed by atoms with van der Waals surface area (Å²) in [7, 11) is 0. The van der Waals surface area contributed by atoms with E-state index >= 15 is 0 Å². The lowest BCUT2D eigenvalue weighted by atomic mass is 9.61. The number of ether oxygens (including phenoxy) is 1. The number of carbonyl (C=O) groups is 1. The first-order valence-corrected chi connectivity index (χ1v) is 13.9. The van der Waals surface area contributed by atoms with Gasteiger partial charge in [-0.1, -0.05) is 24.3 Å². The topological polar surface area (TPSA) is 26.3 Å². The first kappa shape index (κ1) is 26.1. The van der Waals surface area contributed by atoms with Crippen molar-refractivity contribution in [2.75, 3.05) is 0 Å². The van der Waals surface area contributed by atoms with Gasteiger partial charge in [-0.15, -0.1) is 0 Å². The number of hydrogen-bond donors (Lipinski definition) is 0. The number of halogens is 2. The van der Waals surface area contributed by atoms with Crippen molar-refractivity contribution in [1.82, 2.24) is 0 Å². The molecule has 0 heterocycles. The molecule has 0 N–H and O–H groups in total. The van der Waals surface area contributed by atoms with Gasteiger partial charge in [-0.2, -0.15) is 0 Å². The zero-order valence-electron chi connectivity index (χ0n) is 21.5. The Morgan fingerprint density at radius 1 is 0.857 bits per heavy atom. The van der Waals surface area contributed by atoms with Crippen molar-refractivity contribution in [2.24, 2.45) is 35.5 Å². The molecule has 3 aliphatic rings. The lowest BCUT2D eigenvalue weighted by molar-refractivity contribution is -0.140. The maximum absolute atomic E-state index is 14.4. The molecule has 0 spiro atoms. The fraction of sp³-hybridized carbons (Fsp3) is 0.645. The van der Waals surface area contributed by atoms with Gasteiger partial charge in [-0.25, -0.2) is 8.78 Å². The van der Waals surface area contributed by atoms with Gasteiger partial charge in [0.1, 0.15) is 17.4 Å². The molecule has 1 aromatic carbocycles. The molecule has 4 atom stereocenters. The number of carbonyl (C=O) groups excluding carboxylic acids is 1. The first-order valence-electron chi connectivity index (χ1n) is 13.9. The highest BCUT2D eigenvalue weighted by molar-refractivity contribution is 5.75. The van der Waals surface area contributed by atoms with Gasteiger partial charge in [-0.3, -0.25) is 4.79 Å². The molecule has 35 heavy (non-hydrogen) atoms. The van der Waals surface area contributed by atoms with Crippen molar-refractivity contribution in [3.8, 4) is 5.75 Å². The summed E-state index contributed by atoms with van der Waals surface area (Å²) in [5, 5.41) is 0. The molecule has 0 radical (unpaired) electrons. The first-order chi connectivity index (χ1) is 17.0. The van der Waals surface area contributed by atoms with Gasteiger partial charge in [0.15, 0.2) is 0 Å². The van der Waals surface area contributed by atoms with E-state index in [0.717, 1.165) is 61.5 Å². The predicted octanol–water partition coefficient (Wildman–Crippen LogP) is 8.59. The predicted molar refractivity (Wildman–Crippen MR) is 137 cm³/mol. The Balaban J connectivity index is 1.25. The maximum atomic E-state index is 14.4. The molecule has 4 heteroatoms. The Kier molecular flexibility index (Phi) is 9.19. The minimum Gasteiger partial charge on any atom is -0.426 e. The van der Waals surface area contributed by atoms with Gasteiger partial charge in [0, 0.05) is 17.7 Å². The van der Waals surface area contributed by atoms with E-state index in [-0.39, 0.29) is 23.2 Å². The van der Waals surface area contributed by atoms with E-state index in [1.54, 1.807) is 0 Å². The molecule has 0 aromatic heterocycles. The van der Waals surface area contributed by atoms with Crippen LogP contribution in [-0.2, 0) is 11.2 Å². The normalized spacial score (nSPS) is 31.5. The third-order valence-corrected chi connectivity index (χ3v) is 9.06. The summed E-state index contributed by atoms with van der Waals surface area (Å²) in [6.07, 6.45) is 21.2. The lowest BCUT2D eigenvalue weighted by Crippen LogP contribution is -2.35. The molecule has 4 unspecified atom stereocenters. The number of rotatable bonds is 7. The van der Waals surface area contributed by atoms with Crippen molar-refractivity contribution >= 4 is 5.97 Å². The smallest absolute Gasteiger partial charge is 0.314 e. The maximum Gasteiger partial charge on any atom is 0.314 e. The summed E-state index contributed by atoms with van der Waals surface area (Å²) >= 11 is 0. The van der Waals surface area contributed by atoms with Crippen molar-refractivity contribution in [3.05, 3.63) is 53.6 Å². The van der Waals surface area contributed by atoms with E-state index in [0.29, 0.717) is 18.8 Å². The van der Waals surface area contributed by atoms with Gasteiger partial charge in [0.25, 0.3) is 0 Å². The SMILES string of the molecule is C/C=C/CCc1c(F)cc(OC(=O)C2CCC(C3CCC4CC(/C=C/C)CCC4C3)CC2)cc1F. The number of esters is 1. The van der Waals surface area contributed by atoms with Gasteiger partial charge >= 0.3 is 5.97 Å². The standard InChI is InChI=1S/C31H42F2O2/c1-3-5-6-8-28-29(32)19-27(20-30(28)33)35-31(34)23-13-11-22(12-14-23)25-16-15-24-17-21(7-4-2)9-10-26(24)18-25/h3-5,7,19-26H,6,8-18H2,1-2H3/b5-3+,7-4+. The summed E-state index contributed by atoms with van der Waals surface area (Å²) in [6.45, 7) is 4.01. The minimum absolute atomic E-state index is 0.0197. The monoisotopic (exact) mass is 484 g/mol. The average molecular weight is 485 g/mol. The molecule has 3 fully saturated rings. The molecule has 0 bridgehead atoms. The van der Waals surface area contributed by atoms with Gasteiger partial charge in [0.05, 0.1) is 5.92 Å². The van der Waals surface area contributed by atoms with Gasteiger partial charge in [0.2, 0.25) is 0 Å². The summed E-state index contributed by atoms with van der Waals surface area (Å²) in [5.41, 5.74) is 0.0495. The van der Waals surface area contributed by atoms with Crippen LogP contribution in [0.1, 0.15) is 90.0 Å². The van der Waals surface area contributed by atoms with E-state index in [9.17, 15) is 13.6 Å². The molecule has 0 saturated heterocycles. The van der Waals surface area contributed by atoms with Crippen molar-refractivity contribution in [2.45, 2.75) is 90.9 Å². The fourth-order valence-electron chi connectivity index (χ4n) is 7.13. The zero-order valence-corrected chi connectivity index (χ0v) is 21.5. The van der Waals surface area contributed by atoms with Crippen LogP contribution in [0.25, 0.3) is 0 Å². The quantitative estimate of drug-likeness (QED) is 0.220. The van der Waals surface area contributed by atoms with Crippen LogP contribution in [0.2, 0.25) is 0 Å². The number of hydrogen-bond acceptors (Lipinski definition) is 2. The third-order valence-electron chi connectivity index (χ3n) is 9.06. The molecule has 0 aliphatic heterocycles. The average Bonchev–Trinajstić information content (AvgIpc) is 2.86. The highest BCUT2D eigenvalue weighted by Crippen LogP contribution is 2.49. The van der Waals surface area contributed by atoms with Crippen LogP contribution in [0.4, 0.5) is 8.78 Å². The van der Waals surface area contributed by atoms with E-state index in [1.165, 1.54) is 38.5 Å². The summed E-state index contributed by atoms with van der Waals surface area (Å²) in [4.78, 5) is 12.8. The molecular formula is C31H42F2O2. The van der Waals surface area contributed by atoms with Crippen LogP contribution in [0.15, 0.2) is 36.4 Å². The molecular weight excluding hydrogens is 442 g/mol. The largest absolute Gasteiger partial charge is 0.426 e. The van der Waals surface area contributed by atoms with E-state index in [1.807, 2.05) is 19.1 Å². The molecule has 3 aliphatic carbocycles. The number of benzene rings is 1. The summed E-state index contributed by atoms with van der Waals surface area (Å²) < 4.78 is 34.3. The molecule has 192 valence electrons. The molecule has 2 nitrogen and oxygen atoms in total. The zero-order chi connectivity index (χ0) is 24.8. The second kappa shape index (κ2) is 12.3. The molecule has 1 aromatic rings. The second-order valence-electron chi connectivity index (χ2n) is 11.2. The molecule has 0 amide bonds. The van der Waals surface area contributed by atoms with E-state index in [2.05, 4.69) is 19.1 Å². The van der Waals surface area contributed by atoms with Crippen molar-refractivity contribution in [3.63, 3.8) is 0 Å². The van der Waals surface area contributed by atoms with Crippen LogP contribution in [0.5, 0.6) is 5.75 Å². The Hall–Kier alpha value is -1.97. The Bertz CT molecular complexity index is 890. The molecule has 3 saturated carbocycles. The Labute approximate surface area is 210 Å². The Morgan fingerprint density at radius 2 is 1.46 bits per heavy atom. The third kappa shape index (κ3) is 6.62. The number of fused-ring (bicyclic) bond motifs is 1.